The van der Waals surface area contributed by atoms with Crippen LogP contribution in [0.25, 0.3) is 11.3 Å². The third-order valence-corrected chi connectivity index (χ3v) is 2.51. The lowest BCUT2D eigenvalue weighted by molar-refractivity contribution is 0.100. The number of aromatic amines is 1. The maximum atomic E-state index is 11.1. The molecule has 0 bridgehead atoms. The van der Waals surface area contributed by atoms with E-state index in [1.54, 1.807) is 13.2 Å². The van der Waals surface area contributed by atoms with Gasteiger partial charge >= 0.3 is 0 Å². The fourth-order valence-corrected chi connectivity index (χ4v) is 1.60. The van der Waals surface area contributed by atoms with Crippen molar-refractivity contribution < 1.29 is 9.53 Å². The molecule has 0 saturated heterocycles. The quantitative estimate of drug-likeness (QED) is 0.744. The lowest BCUT2D eigenvalue weighted by atomic mass is 10.1. The first-order valence-corrected chi connectivity index (χ1v) is 5.04. The minimum Gasteiger partial charge on any atom is -0.497 e. The Balaban J connectivity index is 2.39. The summed E-state index contributed by atoms with van der Waals surface area (Å²) in [6.07, 6.45) is 0. The number of nitrogen functional groups attached to an aromatic ring is 1. The largest absolute Gasteiger partial charge is 0.497 e. The lowest BCUT2D eigenvalue weighted by Crippen LogP contribution is -2.11. The number of hydrogen-bond acceptors (Lipinski definition) is 3. The summed E-state index contributed by atoms with van der Waals surface area (Å²) in [5.41, 5.74) is 12.8. The van der Waals surface area contributed by atoms with Gasteiger partial charge in [-0.1, -0.05) is 0 Å². The second kappa shape index (κ2) is 4.21. The molecule has 2 rings (SSSR count). The van der Waals surface area contributed by atoms with E-state index >= 15 is 0 Å². The SMILES string of the molecule is COc1ccc(-c2cc(C(N)=O)c(N)[nH]2)cc1. The Morgan fingerprint density at radius 2 is 1.94 bits per heavy atom. The summed E-state index contributed by atoms with van der Waals surface area (Å²) < 4.78 is 5.06. The normalized spacial score (nSPS) is 10.2. The third kappa shape index (κ3) is 2.08. The van der Waals surface area contributed by atoms with Crippen LogP contribution in [0.1, 0.15) is 10.4 Å². The van der Waals surface area contributed by atoms with Crippen molar-refractivity contribution in [2.75, 3.05) is 12.8 Å². The van der Waals surface area contributed by atoms with Crippen LogP contribution < -0.4 is 16.2 Å². The lowest BCUT2D eigenvalue weighted by Gasteiger charge is -2.01. The molecule has 5 N–H and O–H groups in total. The predicted octanol–water partition coefficient (Wildman–Crippen LogP) is 1.37. The maximum absolute atomic E-state index is 11.1. The number of hydrogen-bond donors (Lipinski definition) is 3. The fraction of sp³-hybridized carbons (Fsp3) is 0.0833. The van der Waals surface area contributed by atoms with Crippen LogP contribution in [0.2, 0.25) is 0 Å². The van der Waals surface area contributed by atoms with Crippen LogP contribution in [-0.4, -0.2) is 18.0 Å². The number of methoxy groups -OCH3 is 1. The fourth-order valence-electron chi connectivity index (χ4n) is 1.60. The number of carbonyl (C=O) groups is 1. The van der Waals surface area contributed by atoms with E-state index in [1.165, 1.54) is 0 Å². The van der Waals surface area contributed by atoms with Gasteiger partial charge in [0.25, 0.3) is 5.91 Å². The molecule has 88 valence electrons. The molecule has 17 heavy (non-hydrogen) atoms. The van der Waals surface area contributed by atoms with Crippen LogP contribution in [0.15, 0.2) is 30.3 Å². The number of amides is 1. The van der Waals surface area contributed by atoms with Gasteiger partial charge in [0.15, 0.2) is 0 Å². The molecule has 0 aliphatic rings. The number of primary amides is 1. The molecular weight excluding hydrogens is 218 g/mol. The van der Waals surface area contributed by atoms with Crippen molar-refractivity contribution in [3.63, 3.8) is 0 Å². The molecule has 0 spiro atoms. The molecule has 1 aromatic heterocycles. The van der Waals surface area contributed by atoms with Gasteiger partial charge in [-0.05, 0) is 35.9 Å². The number of carbonyl (C=O) groups excluding carboxylic acids is 1. The summed E-state index contributed by atoms with van der Waals surface area (Å²) in [5, 5.41) is 0. The van der Waals surface area contributed by atoms with Crippen LogP contribution in [0.4, 0.5) is 5.82 Å². The zero-order valence-electron chi connectivity index (χ0n) is 9.36. The first kappa shape index (κ1) is 11.1. The van der Waals surface area contributed by atoms with Crippen LogP contribution in [0, 0.1) is 0 Å². The molecule has 0 radical (unpaired) electrons. The Bertz CT molecular complexity index is 543. The van der Waals surface area contributed by atoms with E-state index in [2.05, 4.69) is 4.98 Å². The van der Waals surface area contributed by atoms with E-state index in [1.807, 2.05) is 24.3 Å². The Morgan fingerprint density at radius 3 is 2.41 bits per heavy atom. The van der Waals surface area contributed by atoms with Gasteiger partial charge in [-0.15, -0.1) is 0 Å². The van der Waals surface area contributed by atoms with E-state index < -0.39 is 5.91 Å². The van der Waals surface area contributed by atoms with Gasteiger partial charge in [-0.3, -0.25) is 4.79 Å². The van der Waals surface area contributed by atoms with Crippen LogP contribution in [0.5, 0.6) is 5.75 Å². The van der Waals surface area contributed by atoms with E-state index in [0.29, 0.717) is 5.56 Å². The van der Waals surface area contributed by atoms with Crippen molar-refractivity contribution in [1.82, 2.24) is 4.98 Å². The molecule has 5 heteroatoms. The number of H-pyrrole nitrogens is 1. The molecule has 0 saturated carbocycles. The van der Waals surface area contributed by atoms with Gasteiger partial charge in [0.2, 0.25) is 0 Å². The van der Waals surface area contributed by atoms with E-state index in [0.717, 1.165) is 17.0 Å². The van der Waals surface area contributed by atoms with Crippen molar-refractivity contribution >= 4 is 11.7 Å². The van der Waals surface area contributed by atoms with Crippen molar-refractivity contribution in [3.05, 3.63) is 35.9 Å². The number of benzene rings is 1. The highest BCUT2D eigenvalue weighted by atomic mass is 16.5. The molecule has 0 unspecified atom stereocenters. The first-order valence-electron chi connectivity index (χ1n) is 5.04. The molecule has 0 aliphatic heterocycles. The second-order valence-electron chi connectivity index (χ2n) is 3.60. The number of anilines is 1. The van der Waals surface area contributed by atoms with Crippen LogP contribution in [-0.2, 0) is 0 Å². The Hall–Kier alpha value is -2.43. The molecule has 1 amide bonds. The van der Waals surface area contributed by atoms with E-state index in [9.17, 15) is 4.79 Å². The van der Waals surface area contributed by atoms with Crippen LogP contribution in [0.3, 0.4) is 0 Å². The number of ether oxygens (including phenoxy) is 1. The molecular formula is C12H13N3O2. The predicted molar refractivity (Wildman–Crippen MR) is 65.7 cm³/mol. The van der Waals surface area contributed by atoms with Gasteiger partial charge in [-0.2, -0.15) is 0 Å². The Labute approximate surface area is 98.4 Å². The molecule has 0 atom stereocenters. The number of aromatic nitrogens is 1. The summed E-state index contributed by atoms with van der Waals surface area (Å²) in [6.45, 7) is 0. The van der Waals surface area contributed by atoms with Gasteiger partial charge in [0, 0.05) is 5.69 Å². The number of nitrogens with one attached hydrogen (secondary N) is 1. The zero-order chi connectivity index (χ0) is 12.4. The van der Waals surface area contributed by atoms with Crippen molar-refractivity contribution in [2.45, 2.75) is 0 Å². The minimum absolute atomic E-state index is 0.281. The van der Waals surface area contributed by atoms with Gasteiger partial charge in [0.05, 0.1) is 12.7 Å². The Morgan fingerprint density at radius 1 is 1.29 bits per heavy atom. The van der Waals surface area contributed by atoms with Crippen molar-refractivity contribution in [1.29, 1.82) is 0 Å². The standard InChI is InChI=1S/C12H13N3O2/c1-17-8-4-2-7(3-5-8)10-6-9(12(14)16)11(13)15-10/h2-6,15H,13H2,1H3,(H2,14,16). The highest BCUT2D eigenvalue weighted by Gasteiger charge is 2.11. The molecule has 5 nitrogen and oxygen atoms in total. The summed E-state index contributed by atoms with van der Waals surface area (Å²) >= 11 is 0. The summed E-state index contributed by atoms with van der Waals surface area (Å²) in [5.74, 6) is 0.505. The molecule has 1 heterocycles. The summed E-state index contributed by atoms with van der Waals surface area (Å²) in [7, 11) is 1.60. The Kier molecular flexibility index (Phi) is 2.74. The maximum Gasteiger partial charge on any atom is 0.252 e. The van der Waals surface area contributed by atoms with Gasteiger partial charge in [0.1, 0.15) is 11.6 Å². The number of rotatable bonds is 3. The zero-order valence-corrected chi connectivity index (χ0v) is 9.36. The second-order valence-corrected chi connectivity index (χ2v) is 3.60. The van der Waals surface area contributed by atoms with Gasteiger partial charge in [-0.25, -0.2) is 0 Å². The smallest absolute Gasteiger partial charge is 0.252 e. The average molecular weight is 231 g/mol. The average Bonchev–Trinajstić information content (AvgIpc) is 2.71. The minimum atomic E-state index is -0.543. The van der Waals surface area contributed by atoms with E-state index in [4.69, 9.17) is 16.2 Å². The van der Waals surface area contributed by atoms with E-state index in [-0.39, 0.29) is 5.82 Å². The van der Waals surface area contributed by atoms with Gasteiger partial charge < -0.3 is 21.2 Å². The monoisotopic (exact) mass is 231 g/mol. The molecule has 1 aromatic carbocycles. The molecule has 2 aromatic rings. The third-order valence-electron chi connectivity index (χ3n) is 2.51. The highest BCUT2D eigenvalue weighted by molar-refractivity contribution is 5.98. The van der Waals surface area contributed by atoms with Crippen LogP contribution >= 0.6 is 0 Å². The molecule has 0 aliphatic carbocycles. The first-order chi connectivity index (χ1) is 8.11. The topological polar surface area (TPSA) is 94.1 Å². The molecule has 0 fully saturated rings. The van der Waals surface area contributed by atoms with Crippen molar-refractivity contribution in [2.24, 2.45) is 5.73 Å². The summed E-state index contributed by atoms with van der Waals surface area (Å²) in [4.78, 5) is 14.0. The summed E-state index contributed by atoms with van der Waals surface area (Å²) in [6, 6.07) is 9.04. The van der Waals surface area contributed by atoms with Crippen molar-refractivity contribution in [3.8, 4) is 17.0 Å². The number of nitrogens with two attached hydrogens (primary N) is 2. The highest BCUT2D eigenvalue weighted by Crippen LogP contribution is 2.24.